The topological polar surface area (TPSA) is 98.2 Å². The second kappa shape index (κ2) is 11.7. The number of nitrogens with zero attached hydrogens (tertiary/aromatic N) is 2. The Morgan fingerprint density at radius 1 is 1.12 bits per heavy atom. The van der Waals surface area contributed by atoms with Crippen molar-refractivity contribution < 1.29 is 14.3 Å². The van der Waals surface area contributed by atoms with Crippen LogP contribution < -0.4 is 31.0 Å². The lowest BCUT2D eigenvalue weighted by Crippen LogP contribution is -2.47. The number of ether oxygens (including phenoxy) is 1. The summed E-state index contributed by atoms with van der Waals surface area (Å²) in [5.74, 6) is 0.666. The van der Waals surface area contributed by atoms with Crippen molar-refractivity contribution in [1.82, 2.24) is 16.2 Å². The number of carbonyl (C=O) groups is 1. The van der Waals surface area contributed by atoms with Gasteiger partial charge in [0.2, 0.25) is 14.2 Å². The van der Waals surface area contributed by atoms with Gasteiger partial charge in [-0.1, -0.05) is 48.0 Å². The molecule has 0 radical (unpaired) electrons. The highest BCUT2D eigenvalue weighted by atomic mass is 35.5. The molecule has 40 heavy (non-hydrogen) atoms. The number of methoxy groups -OCH3 is 1. The van der Waals surface area contributed by atoms with E-state index in [1.165, 1.54) is 0 Å². The van der Waals surface area contributed by atoms with Crippen molar-refractivity contribution in [3.05, 3.63) is 88.4 Å². The molecule has 3 atom stereocenters. The molecule has 1 saturated heterocycles. The van der Waals surface area contributed by atoms with Gasteiger partial charge in [0.1, 0.15) is 11.9 Å². The normalized spacial score (nSPS) is 20.3. The van der Waals surface area contributed by atoms with E-state index >= 15 is 0 Å². The number of rotatable bonds is 8. The molecule has 1 fully saturated rings. The van der Waals surface area contributed by atoms with E-state index in [2.05, 4.69) is 28.0 Å². The van der Waals surface area contributed by atoms with Gasteiger partial charge in [0.05, 0.1) is 31.4 Å². The number of carbonyl (C=O) groups excluding carboxylic acids is 1. The van der Waals surface area contributed by atoms with E-state index in [1.54, 1.807) is 7.11 Å². The van der Waals surface area contributed by atoms with Crippen molar-refractivity contribution in [3.63, 3.8) is 0 Å². The second-order valence-corrected chi connectivity index (χ2v) is 14.9. The first-order valence-electron chi connectivity index (χ1n) is 13.5. The predicted molar refractivity (Wildman–Crippen MR) is 163 cm³/mol. The Morgan fingerprint density at radius 2 is 1.90 bits per heavy atom. The van der Waals surface area contributed by atoms with Crippen LogP contribution in [0.15, 0.2) is 71.7 Å². The van der Waals surface area contributed by atoms with Crippen molar-refractivity contribution in [1.29, 1.82) is 0 Å². The lowest BCUT2D eigenvalue weighted by molar-refractivity contribution is -0.121. The minimum atomic E-state index is -2.38. The number of hydrogen-bond donors (Lipinski definition) is 4. The highest BCUT2D eigenvalue weighted by Gasteiger charge is 2.40. The maximum Gasteiger partial charge on any atom is 0.222 e. The standard InChI is InChI=1S/C30H36ClN5O3Si/c1-19-34-35-30-26(18-28(37)32-15-14-20-6-5-7-24(16-20)40(3,4)38)33-29(21-8-10-22(31)11-9-21)25-17-23(39-2)12-13-27(25)36(19)30/h5-13,16-17,19,26,30,34-35,38H,14-15,18H2,1-4H3,(H,32,37). The summed E-state index contributed by atoms with van der Waals surface area (Å²) < 4.78 is 5.56. The summed E-state index contributed by atoms with van der Waals surface area (Å²) in [5.41, 5.74) is 11.4. The molecule has 3 aromatic rings. The van der Waals surface area contributed by atoms with Gasteiger partial charge in [-0.25, -0.2) is 10.9 Å². The first kappa shape index (κ1) is 28.3. The third-order valence-electron chi connectivity index (χ3n) is 7.43. The number of benzene rings is 3. The summed E-state index contributed by atoms with van der Waals surface area (Å²) in [6.45, 7) is 6.40. The van der Waals surface area contributed by atoms with Crippen molar-refractivity contribution in [3.8, 4) is 5.75 Å². The largest absolute Gasteiger partial charge is 0.497 e. The Balaban J connectivity index is 1.40. The smallest absolute Gasteiger partial charge is 0.222 e. The molecule has 4 N–H and O–H groups in total. The number of hydrazine groups is 1. The van der Waals surface area contributed by atoms with Gasteiger partial charge in [-0.2, -0.15) is 0 Å². The summed E-state index contributed by atoms with van der Waals surface area (Å²) in [6.07, 6.45) is 0.646. The monoisotopic (exact) mass is 577 g/mol. The number of halogens is 1. The Kier molecular flexibility index (Phi) is 8.30. The molecule has 5 rings (SSSR count). The van der Waals surface area contributed by atoms with Gasteiger partial charge in [-0.05, 0) is 67.5 Å². The Morgan fingerprint density at radius 3 is 2.62 bits per heavy atom. The maximum absolute atomic E-state index is 13.3. The molecule has 0 saturated carbocycles. The fraction of sp³-hybridized carbons (Fsp3) is 0.333. The first-order chi connectivity index (χ1) is 19.1. The highest BCUT2D eigenvalue weighted by molar-refractivity contribution is 6.83. The van der Waals surface area contributed by atoms with Crippen LogP contribution in [0.3, 0.4) is 0 Å². The van der Waals surface area contributed by atoms with Crippen LogP contribution in [-0.2, 0) is 11.2 Å². The molecule has 2 aliphatic heterocycles. The Hall–Kier alpha value is -3.21. The summed E-state index contributed by atoms with van der Waals surface area (Å²) in [5, 5.41) is 4.72. The van der Waals surface area contributed by atoms with Crippen LogP contribution in [0, 0.1) is 0 Å². The van der Waals surface area contributed by atoms with E-state index in [0.717, 1.165) is 39.0 Å². The molecule has 2 aliphatic rings. The van der Waals surface area contributed by atoms with E-state index in [9.17, 15) is 9.59 Å². The molecule has 210 valence electrons. The van der Waals surface area contributed by atoms with Crippen molar-refractivity contribution in [2.75, 3.05) is 18.6 Å². The van der Waals surface area contributed by atoms with Gasteiger partial charge >= 0.3 is 0 Å². The summed E-state index contributed by atoms with van der Waals surface area (Å²) in [4.78, 5) is 31.2. The maximum atomic E-state index is 13.3. The lowest BCUT2D eigenvalue weighted by Gasteiger charge is -2.31. The molecule has 2 heterocycles. The number of amides is 1. The van der Waals surface area contributed by atoms with E-state index in [-0.39, 0.29) is 30.7 Å². The van der Waals surface area contributed by atoms with E-state index in [1.807, 2.05) is 79.8 Å². The molecule has 3 unspecified atom stereocenters. The zero-order valence-electron chi connectivity index (χ0n) is 23.2. The zero-order chi connectivity index (χ0) is 28.4. The van der Waals surface area contributed by atoms with Crippen LogP contribution in [0.5, 0.6) is 5.75 Å². The number of anilines is 1. The van der Waals surface area contributed by atoms with Crippen LogP contribution in [0.4, 0.5) is 5.69 Å². The average molecular weight is 578 g/mol. The van der Waals surface area contributed by atoms with Gasteiger partial charge in [-0.15, -0.1) is 0 Å². The summed E-state index contributed by atoms with van der Waals surface area (Å²) >= 11 is 6.20. The van der Waals surface area contributed by atoms with Gasteiger partial charge in [-0.3, -0.25) is 9.79 Å². The molecule has 3 aromatic carbocycles. The quantitative estimate of drug-likeness (QED) is 0.307. The highest BCUT2D eigenvalue weighted by Crippen LogP contribution is 2.36. The van der Waals surface area contributed by atoms with Crippen molar-refractivity contribution >= 4 is 42.4 Å². The molecule has 1 amide bonds. The van der Waals surface area contributed by atoms with Crippen molar-refractivity contribution in [2.45, 2.75) is 51.2 Å². The SMILES string of the molecule is COc1ccc2c(c1)C(c1ccc(Cl)cc1)=NC(CC(=O)NCCc1cccc([Si](C)(C)O)c1)C1NNC(C)N21. The minimum Gasteiger partial charge on any atom is -0.497 e. The molecular formula is C30H36ClN5O3Si. The van der Waals surface area contributed by atoms with Crippen LogP contribution in [0.1, 0.15) is 30.0 Å². The molecule has 10 heteroatoms. The van der Waals surface area contributed by atoms with Gasteiger partial charge in [0.15, 0.2) is 0 Å². The van der Waals surface area contributed by atoms with Crippen molar-refractivity contribution in [2.24, 2.45) is 4.99 Å². The fourth-order valence-corrected chi connectivity index (χ4v) is 6.47. The molecule has 0 bridgehead atoms. The lowest BCUT2D eigenvalue weighted by atomic mass is 9.99. The van der Waals surface area contributed by atoms with Gasteiger partial charge in [0, 0.05) is 28.4 Å². The molecule has 0 aliphatic carbocycles. The average Bonchev–Trinajstić information content (AvgIpc) is 3.25. The number of fused-ring (bicyclic) bond motifs is 3. The zero-order valence-corrected chi connectivity index (χ0v) is 25.0. The van der Waals surface area contributed by atoms with Crippen LogP contribution in [0.25, 0.3) is 0 Å². The van der Waals surface area contributed by atoms with E-state index in [0.29, 0.717) is 18.0 Å². The van der Waals surface area contributed by atoms with Crippen LogP contribution in [0.2, 0.25) is 18.1 Å². The molecule has 0 spiro atoms. The number of nitrogens with one attached hydrogen (secondary N) is 3. The van der Waals surface area contributed by atoms with Crippen LogP contribution >= 0.6 is 11.6 Å². The van der Waals surface area contributed by atoms with Gasteiger partial charge < -0.3 is 19.7 Å². The Labute approximate surface area is 241 Å². The Bertz CT molecular complexity index is 1410. The minimum absolute atomic E-state index is 0.0194. The molecular weight excluding hydrogens is 542 g/mol. The second-order valence-electron chi connectivity index (χ2n) is 10.8. The predicted octanol–water partition coefficient (Wildman–Crippen LogP) is 3.31. The number of aliphatic imine (C=N–C) groups is 1. The third kappa shape index (κ3) is 6.08. The molecule has 0 aromatic heterocycles. The summed E-state index contributed by atoms with van der Waals surface area (Å²) in [6, 6.07) is 21.3. The third-order valence-corrected chi connectivity index (χ3v) is 9.41. The number of hydrogen-bond acceptors (Lipinski definition) is 7. The van der Waals surface area contributed by atoms with E-state index in [4.69, 9.17) is 21.3 Å². The summed E-state index contributed by atoms with van der Waals surface area (Å²) in [7, 11) is -0.733. The first-order valence-corrected chi connectivity index (χ1v) is 16.9. The van der Waals surface area contributed by atoms with Gasteiger partial charge in [0.25, 0.3) is 0 Å². The van der Waals surface area contributed by atoms with Crippen LogP contribution in [-0.4, -0.2) is 56.8 Å². The fourth-order valence-electron chi connectivity index (χ4n) is 5.30. The molecule has 8 nitrogen and oxygen atoms in total. The van der Waals surface area contributed by atoms with E-state index < -0.39 is 8.32 Å².